The molecule has 98 valence electrons. The number of benzene rings is 1. The molecule has 0 radical (unpaired) electrons. The van der Waals surface area contributed by atoms with Crippen molar-refractivity contribution in [3.05, 3.63) is 28.8 Å². The molecule has 5 heteroatoms. The van der Waals surface area contributed by atoms with Crippen LogP contribution < -0.4 is 16.0 Å². The number of nitrogens with two attached hydrogens (primary N) is 1. The first-order valence-electron chi connectivity index (χ1n) is 6.08. The summed E-state index contributed by atoms with van der Waals surface area (Å²) in [4.78, 5) is 11.9. The Morgan fingerprint density at radius 2 is 2.28 bits per heavy atom. The molecule has 1 aliphatic rings. The Balaban J connectivity index is 2.33. The van der Waals surface area contributed by atoms with Gasteiger partial charge in [-0.1, -0.05) is 24.1 Å². The molecule has 1 fully saturated rings. The van der Waals surface area contributed by atoms with Crippen LogP contribution in [0.1, 0.15) is 31.7 Å². The van der Waals surface area contributed by atoms with Crippen molar-refractivity contribution in [2.24, 2.45) is 5.84 Å². The minimum atomic E-state index is -0.511. The lowest BCUT2D eigenvalue weighted by atomic mass is 9.64. The molecular formula is C13H17ClN2O2. The molecule has 0 bridgehead atoms. The standard InChI is InChI=1S/C13H17ClN2O2/c1-2-18-11-5-4-9(8-10(11)14)13(6-3-7-13)12(17)16-15/h4-5,8H,2-3,6-7,15H2,1H3,(H,16,17). The number of amides is 1. The van der Waals surface area contributed by atoms with Gasteiger partial charge in [-0.15, -0.1) is 0 Å². The van der Waals surface area contributed by atoms with E-state index >= 15 is 0 Å². The number of ether oxygens (including phenoxy) is 1. The fourth-order valence-electron chi connectivity index (χ4n) is 2.39. The second kappa shape index (κ2) is 5.16. The van der Waals surface area contributed by atoms with Crippen LogP contribution in [-0.2, 0) is 10.2 Å². The van der Waals surface area contributed by atoms with Gasteiger partial charge in [0.25, 0.3) is 0 Å². The van der Waals surface area contributed by atoms with Crippen molar-refractivity contribution >= 4 is 17.5 Å². The van der Waals surface area contributed by atoms with Crippen LogP contribution in [0.3, 0.4) is 0 Å². The molecule has 1 saturated carbocycles. The Labute approximate surface area is 111 Å². The number of hydrazine groups is 1. The van der Waals surface area contributed by atoms with Gasteiger partial charge in [0, 0.05) is 0 Å². The van der Waals surface area contributed by atoms with Gasteiger partial charge in [0.2, 0.25) is 5.91 Å². The van der Waals surface area contributed by atoms with E-state index in [9.17, 15) is 4.79 Å². The molecule has 1 aromatic carbocycles. The number of hydrogen-bond donors (Lipinski definition) is 2. The van der Waals surface area contributed by atoms with Crippen LogP contribution in [0.4, 0.5) is 0 Å². The normalized spacial score (nSPS) is 16.8. The van der Waals surface area contributed by atoms with E-state index in [0.717, 1.165) is 24.8 Å². The Bertz CT molecular complexity index is 458. The summed E-state index contributed by atoms with van der Waals surface area (Å²) >= 11 is 6.16. The van der Waals surface area contributed by atoms with Crippen LogP contribution in [0.25, 0.3) is 0 Å². The molecule has 0 saturated heterocycles. The maximum Gasteiger partial charge on any atom is 0.244 e. The van der Waals surface area contributed by atoms with Gasteiger partial charge in [0.15, 0.2) is 0 Å². The lowest BCUT2D eigenvalue weighted by Crippen LogP contribution is -2.51. The van der Waals surface area contributed by atoms with Crippen molar-refractivity contribution in [1.82, 2.24) is 5.43 Å². The van der Waals surface area contributed by atoms with Gasteiger partial charge in [0.1, 0.15) is 5.75 Å². The molecule has 18 heavy (non-hydrogen) atoms. The van der Waals surface area contributed by atoms with Gasteiger partial charge in [-0.3, -0.25) is 10.2 Å². The van der Waals surface area contributed by atoms with Crippen molar-refractivity contribution in [1.29, 1.82) is 0 Å². The van der Waals surface area contributed by atoms with Gasteiger partial charge in [-0.05, 0) is 37.5 Å². The zero-order chi connectivity index (χ0) is 13.2. The van der Waals surface area contributed by atoms with Crippen molar-refractivity contribution < 1.29 is 9.53 Å². The van der Waals surface area contributed by atoms with Crippen LogP contribution in [-0.4, -0.2) is 12.5 Å². The zero-order valence-corrected chi connectivity index (χ0v) is 11.1. The van der Waals surface area contributed by atoms with E-state index in [0.29, 0.717) is 17.4 Å². The molecule has 1 aromatic rings. The molecule has 1 amide bonds. The van der Waals surface area contributed by atoms with Crippen LogP contribution >= 0.6 is 11.6 Å². The fourth-order valence-corrected chi connectivity index (χ4v) is 2.62. The largest absolute Gasteiger partial charge is 0.492 e. The molecule has 0 aliphatic heterocycles. The molecule has 0 spiro atoms. The zero-order valence-electron chi connectivity index (χ0n) is 10.3. The SMILES string of the molecule is CCOc1ccc(C2(C(=O)NN)CCC2)cc1Cl. The highest BCUT2D eigenvalue weighted by Crippen LogP contribution is 2.45. The minimum absolute atomic E-state index is 0.144. The highest BCUT2D eigenvalue weighted by atomic mass is 35.5. The van der Waals surface area contributed by atoms with E-state index in [4.69, 9.17) is 22.2 Å². The average Bonchev–Trinajstić information content (AvgIpc) is 2.31. The third-order valence-electron chi connectivity index (χ3n) is 3.56. The maximum absolute atomic E-state index is 11.9. The van der Waals surface area contributed by atoms with E-state index in [1.807, 2.05) is 19.1 Å². The second-order valence-electron chi connectivity index (χ2n) is 4.49. The third kappa shape index (κ3) is 2.06. The minimum Gasteiger partial charge on any atom is -0.492 e. The van der Waals surface area contributed by atoms with E-state index in [-0.39, 0.29) is 5.91 Å². The van der Waals surface area contributed by atoms with E-state index < -0.39 is 5.41 Å². The highest BCUT2D eigenvalue weighted by molar-refractivity contribution is 6.32. The van der Waals surface area contributed by atoms with Crippen molar-refractivity contribution in [3.8, 4) is 5.75 Å². The molecule has 0 unspecified atom stereocenters. The number of nitrogens with one attached hydrogen (secondary N) is 1. The first-order valence-corrected chi connectivity index (χ1v) is 6.45. The van der Waals surface area contributed by atoms with Gasteiger partial charge in [-0.25, -0.2) is 5.84 Å². The second-order valence-corrected chi connectivity index (χ2v) is 4.89. The predicted octanol–water partition coefficient (Wildman–Crippen LogP) is 2.15. The average molecular weight is 269 g/mol. The third-order valence-corrected chi connectivity index (χ3v) is 3.85. The number of rotatable bonds is 4. The predicted molar refractivity (Wildman–Crippen MR) is 70.5 cm³/mol. The lowest BCUT2D eigenvalue weighted by Gasteiger charge is -2.40. The first kappa shape index (κ1) is 13.2. The van der Waals surface area contributed by atoms with Gasteiger partial charge < -0.3 is 4.74 Å². The van der Waals surface area contributed by atoms with Crippen LogP contribution in [0, 0.1) is 0 Å². The summed E-state index contributed by atoms with van der Waals surface area (Å²) in [7, 11) is 0. The van der Waals surface area contributed by atoms with E-state index in [1.54, 1.807) is 6.07 Å². The number of carbonyl (C=O) groups is 1. The van der Waals surface area contributed by atoms with Crippen LogP contribution in [0.15, 0.2) is 18.2 Å². The number of halogens is 1. The Hall–Kier alpha value is -1.26. The fraction of sp³-hybridized carbons (Fsp3) is 0.462. The Morgan fingerprint density at radius 1 is 1.56 bits per heavy atom. The van der Waals surface area contributed by atoms with Gasteiger partial charge in [-0.2, -0.15) is 0 Å². The molecule has 4 nitrogen and oxygen atoms in total. The molecule has 2 rings (SSSR count). The van der Waals surface area contributed by atoms with Crippen LogP contribution in [0.2, 0.25) is 5.02 Å². The lowest BCUT2D eigenvalue weighted by molar-refractivity contribution is -0.130. The summed E-state index contributed by atoms with van der Waals surface area (Å²) in [6.45, 7) is 2.47. The van der Waals surface area contributed by atoms with E-state index in [1.165, 1.54) is 0 Å². The summed E-state index contributed by atoms with van der Waals surface area (Å²) in [5, 5.41) is 0.533. The van der Waals surface area contributed by atoms with E-state index in [2.05, 4.69) is 5.43 Å². The topological polar surface area (TPSA) is 64.3 Å². The summed E-state index contributed by atoms with van der Waals surface area (Å²) in [5.74, 6) is 5.76. The van der Waals surface area contributed by atoms with Crippen molar-refractivity contribution in [3.63, 3.8) is 0 Å². The molecular weight excluding hydrogens is 252 g/mol. The Morgan fingerprint density at radius 3 is 2.72 bits per heavy atom. The first-order chi connectivity index (χ1) is 8.64. The van der Waals surface area contributed by atoms with Crippen molar-refractivity contribution in [2.75, 3.05) is 6.61 Å². The summed E-state index contributed by atoms with van der Waals surface area (Å²) in [6.07, 6.45) is 2.64. The van der Waals surface area contributed by atoms with Gasteiger partial charge in [0.05, 0.1) is 17.0 Å². The maximum atomic E-state index is 11.9. The monoisotopic (exact) mass is 268 g/mol. The molecule has 0 heterocycles. The molecule has 0 aromatic heterocycles. The quantitative estimate of drug-likeness (QED) is 0.500. The molecule has 0 atom stereocenters. The smallest absolute Gasteiger partial charge is 0.244 e. The molecule has 3 N–H and O–H groups in total. The Kier molecular flexibility index (Phi) is 3.78. The highest BCUT2D eigenvalue weighted by Gasteiger charge is 2.45. The summed E-state index contributed by atoms with van der Waals surface area (Å²) in [6, 6.07) is 5.51. The van der Waals surface area contributed by atoms with Crippen molar-refractivity contribution in [2.45, 2.75) is 31.6 Å². The van der Waals surface area contributed by atoms with Gasteiger partial charge >= 0.3 is 0 Å². The molecule has 1 aliphatic carbocycles. The number of carbonyl (C=O) groups excluding carboxylic acids is 1. The number of hydrogen-bond acceptors (Lipinski definition) is 3. The summed E-state index contributed by atoms with van der Waals surface area (Å²) < 4.78 is 5.39. The van der Waals surface area contributed by atoms with Crippen LogP contribution in [0.5, 0.6) is 5.75 Å². The summed E-state index contributed by atoms with van der Waals surface area (Å²) in [5.41, 5.74) is 2.65.